The number of Topliss-reactive ketones (excluding diaryl/α,β-unsaturated/α-hetero) is 1. The minimum absolute atomic E-state index is 0.139. The lowest BCUT2D eigenvalue weighted by molar-refractivity contribution is 0.100. The highest BCUT2D eigenvalue weighted by Crippen LogP contribution is 2.08. The highest BCUT2D eigenvalue weighted by atomic mass is 16.5. The Hall–Kier alpha value is -1.49. The summed E-state index contributed by atoms with van der Waals surface area (Å²) in [5, 5.41) is 0. The van der Waals surface area contributed by atoms with Gasteiger partial charge in [0.05, 0.1) is 18.9 Å². The van der Waals surface area contributed by atoms with Crippen molar-refractivity contribution >= 4 is 5.78 Å². The molecule has 0 radical (unpaired) electrons. The molecule has 0 aromatic carbocycles. The van der Waals surface area contributed by atoms with Crippen LogP contribution in [0.3, 0.4) is 0 Å². The highest BCUT2D eigenvalue weighted by molar-refractivity contribution is 5.90. The van der Waals surface area contributed by atoms with Crippen LogP contribution in [-0.4, -0.2) is 29.0 Å². The smallest absolute Gasteiger partial charge is 0.254 e. The zero-order chi connectivity index (χ0) is 10.8. The molecule has 80 valence electrons. The summed E-state index contributed by atoms with van der Waals surface area (Å²) < 4.78 is 5.25. The normalized spacial score (nSPS) is 15.5. The molecule has 1 aromatic rings. The molecule has 15 heavy (non-hydrogen) atoms. The van der Waals surface area contributed by atoms with Crippen molar-refractivity contribution in [3.05, 3.63) is 27.4 Å². The molecule has 1 aliphatic rings. The third kappa shape index (κ3) is 1.97. The van der Waals surface area contributed by atoms with Crippen LogP contribution in [0.5, 0.6) is 0 Å². The van der Waals surface area contributed by atoms with Crippen molar-refractivity contribution in [2.45, 2.75) is 19.8 Å². The molecule has 1 aliphatic heterocycles. The Morgan fingerprint density at radius 1 is 1.40 bits per heavy atom. The van der Waals surface area contributed by atoms with E-state index in [2.05, 4.69) is 9.97 Å². The molecule has 5 heteroatoms. The first-order valence-corrected chi connectivity index (χ1v) is 4.89. The summed E-state index contributed by atoms with van der Waals surface area (Å²) in [4.78, 5) is 29.4. The molecule has 2 rings (SSSR count). The molecule has 0 bridgehead atoms. The van der Waals surface area contributed by atoms with Crippen LogP contribution in [0.15, 0.2) is 4.79 Å². The predicted molar refractivity (Wildman–Crippen MR) is 53.1 cm³/mol. The van der Waals surface area contributed by atoms with Crippen molar-refractivity contribution in [1.29, 1.82) is 0 Å². The minimum Gasteiger partial charge on any atom is -0.381 e. The zero-order valence-electron chi connectivity index (χ0n) is 8.50. The number of carbonyl (C=O) groups excluding carboxylic acids is 1. The molecule has 0 aliphatic carbocycles. The lowest BCUT2D eigenvalue weighted by Gasteiger charge is -2.03. The van der Waals surface area contributed by atoms with Gasteiger partial charge in [-0.05, 0) is 0 Å². The molecule has 0 unspecified atom stereocenters. The largest absolute Gasteiger partial charge is 0.381 e. The first-order chi connectivity index (χ1) is 7.18. The Kier molecular flexibility index (Phi) is 2.64. The summed E-state index contributed by atoms with van der Waals surface area (Å²) in [6.45, 7) is 2.48. The Balaban J connectivity index is 2.53. The first-order valence-electron chi connectivity index (χ1n) is 4.89. The summed E-state index contributed by atoms with van der Waals surface area (Å²) in [5.74, 6) is -0.0827. The zero-order valence-corrected chi connectivity index (χ0v) is 8.50. The number of rotatable bonds is 1. The van der Waals surface area contributed by atoms with Crippen LogP contribution < -0.4 is 5.56 Å². The number of fused-ring (bicyclic) bond motifs is 1. The van der Waals surface area contributed by atoms with Gasteiger partial charge in [0.1, 0.15) is 0 Å². The van der Waals surface area contributed by atoms with E-state index in [4.69, 9.17) is 4.74 Å². The summed E-state index contributed by atoms with van der Waals surface area (Å²) in [7, 11) is 0. The predicted octanol–water partition coefficient (Wildman–Crippen LogP) is 0.0877. The van der Waals surface area contributed by atoms with E-state index in [0.717, 1.165) is 0 Å². The van der Waals surface area contributed by atoms with E-state index in [1.807, 2.05) is 0 Å². The molecule has 0 amide bonds. The lowest BCUT2D eigenvalue weighted by atomic mass is 10.1. The van der Waals surface area contributed by atoms with Gasteiger partial charge >= 0.3 is 0 Å². The third-order valence-corrected chi connectivity index (χ3v) is 2.41. The average molecular weight is 208 g/mol. The van der Waals surface area contributed by atoms with Crippen LogP contribution in [-0.2, 0) is 17.6 Å². The third-order valence-electron chi connectivity index (χ3n) is 2.41. The maximum absolute atomic E-state index is 11.6. The number of ketones is 1. The second kappa shape index (κ2) is 3.94. The van der Waals surface area contributed by atoms with Gasteiger partial charge < -0.3 is 9.72 Å². The molecule has 0 saturated carbocycles. The standard InChI is InChI=1S/C10H12N2O3/c1-6(13)9-11-8-3-5-15-4-2-7(8)10(14)12-9/h2-5H2,1H3,(H,11,12,14). The van der Waals surface area contributed by atoms with Gasteiger partial charge in [-0.25, -0.2) is 4.98 Å². The van der Waals surface area contributed by atoms with Gasteiger partial charge in [0.2, 0.25) is 0 Å². The fourth-order valence-corrected chi connectivity index (χ4v) is 1.62. The minimum atomic E-state index is -0.222. The number of aromatic nitrogens is 2. The molecule has 1 N–H and O–H groups in total. The number of aromatic amines is 1. The Labute approximate surface area is 86.5 Å². The number of nitrogens with zero attached hydrogens (tertiary/aromatic N) is 1. The average Bonchev–Trinajstić information content (AvgIpc) is 2.42. The van der Waals surface area contributed by atoms with E-state index in [0.29, 0.717) is 37.3 Å². The number of ether oxygens (including phenoxy) is 1. The molecule has 0 atom stereocenters. The van der Waals surface area contributed by atoms with Gasteiger partial charge in [-0.2, -0.15) is 0 Å². The van der Waals surface area contributed by atoms with Gasteiger partial charge in [-0.3, -0.25) is 9.59 Å². The fraction of sp³-hybridized carbons (Fsp3) is 0.500. The Bertz CT molecular complexity index is 450. The molecule has 0 saturated heterocycles. The summed E-state index contributed by atoms with van der Waals surface area (Å²) >= 11 is 0. The van der Waals surface area contributed by atoms with E-state index >= 15 is 0 Å². The van der Waals surface area contributed by atoms with Crippen LogP contribution in [0.1, 0.15) is 28.8 Å². The maximum Gasteiger partial charge on any atom is 0.254 e. The number of hydrogen-bond acceptors (Lipinski definition) is 4. The molecular formula is C10H12N2O3. The molecule has 5 nitrogen and oxygen atoms in total. The maximum atomic E-state index is 11.6. The topological polar surface area (TPSA) is 72.0 Å². The van der Waals surface area contributed by atoms with Crippen LogP contribution in [0.25, 0.3) is 0 Å². The van der Waals surface area contributed by atoms with Gasteiger partial charge in [0, 0.05) is 25.3 Å². The van der Waals surface area contributed by atoms with Gasteiger partial charge in [0.15, 0.2) is 11.6 Å². The Morgan fingerprint density at radius 2 is 2.13 bits per heavy atom. The van der Waals surface area contributed by atoms with Crippen molar-refractivity contribution in [2.24, 2.45) is 0 Å². The molecular weight excluding hydrogens is 196 g/mol. The van der Waals surface area contributed by atoms with E-state index in [9.17, 15) is 9.59 Å². The van der Waals surface area contributed by atoms with Crippen LogP contribution in [0.2, 0.25) is 0 Å². The molecule has 2 heterocycles. The van der Waals surface area contributed by atoms with E-state index in [-0.39, 0.29) is 17.2 Å². The molecule has 0 spiro atoms. The summed E-state index contributed by atoms with van der Waals surface area (Å²) in [6, 6.07) is 0. The SMILES string of the molecule is CC(=O)c1nc2c(c(=O)[nH]1)CCOCC2. The Morgan fingerprint density at radius 3 is 2.87 bits per heavy atom. The van der Waals surface area contributed by atoms with Crippen LogP contribution in [0, 0.1) is 0 Å². The van der Waals surface area contributed by atoms with E-state index < -0.39 is 0 Å². The highest BCUT2D eigenvalue weighted by Gasteiger charge is 2.15. The van der Waals surface area contributed by atoms with Crippen molar-refractivity contribution in [1.82, 2.24) is 9.97 Å². The van der Waals surface area contributed by atoms with Crippen LogP contribution in [0.4, 0.5) is 0 Å². The van der Waals surface area contributed by atoms with Crippen molar-refractivity contribution < 1.29 is 9.53 Å². The fourth-order valence-electron chi connectivity index (χ4n) is 1.62. The van der Waals surface area contributed by atoms with Gasteiger partial charge in [-0.15, -0.1) is 0 Å². The van der Waals surface area contributed by atoms with Crippen molar-refractivity contribution in [3.63, 3.8) is 0 Å². The van der Waals surface area contributed by atoms with Crippen molar-refractivity contribution in [2.75, 3.05) is 13.2 Å². The van der Waals surface area contributed by atoms with Gasteiger partial charge in [0.25, 0.3) is 5.56 Å². The van der Waals surface area contributed by atoms with E-state index in [1.54, 1.807) is 0 Å². The van der Waals surface area contributed by atoms with Gasteiger partial charge in [-0.1, -0.05) is 0 Å². The number of hydrogen-bond donors (Lipinski definition) is 1. The second-order valence-electron chi connectivity index (χ2n) is 3.51. The monoisotopic (exact) mass is 208 g/mol. The summed E-state index contributed by atoms with van der Waals surface area (Å²) in [6.07, 6.45) is 1.16. The quantitative estimate of drug-likeness (QED) is 0.664. The van der Waals surface area contributed by atoms with Crippen molar-refractivity contribution in [3.8, 4) is 0 Å². The second-order valence-corrected chi connectivity index (χ2v) is 3.51. The van der Waals surface area contributed by atoms with Crippen LogP contribution >= 0.6 is 0 Å². The molecule has 0 fully saturated rings. The molecule has 1 aromatic heterocycles. The lowest BCUT2D eigenvalue weighted by Crippen LogP contribution is -2.21. The number of nitrogens with one attached hydrogen (secondary N) is 1. The number of H-pyrrole nitrogens is 1. The van der Waals surface area contributed by atoms with E-state index in [1.165, 1.54) is 6.92 Å². The summed E-state index contributed by atoms with van der Waals surface area (Å²) in [5.41, 5.74) is 1.13. The first kappa shape index (κ1) is 10.0. The number of carbonyl (C=O) groups is 1.